The summed E-state index contributed by atoms with van der Waals surface area (Å²) < 4.78 is 44.0. The second-order valence-corrected chi connectivity index (χ2v) is 4.96. The van der Waals surface area contributed by atoms with Gasteiger partial charge in [-0.2, -0.15) is 13.2 Å². The second-order valence-electron chi connectivity index (χ2n) is 4.96. The first-order valence-electron chi connectivity index (χ1n) is 6.98. The third-order valence-corrected chi connectivity index (χ3v) is 3.34. The number of hydrogen-bond donors (Lipinski definition) is 1. The molecule has 0 fully saturated rings. The van der Waals surface area contributed by atoms with Crippen molar-refractivity contribution in [1.82, 2.24) is 9.13 Å². The molecule has 1 heterocycles. The average molecular weight is 358 g/mol. The van der Waals surface area contributed by atoms with Crippen molar-refractivity contribution >= 4 is 5.97 Å². The lowest BCUT2D eigenvalue weighted by atomic mass is 10.1. The molecule has 0 unspecified atom stereocenters. The Morgan fingerprint density at radius 3 is 2.44 bits per heavy atom. The van der Waals surface area contributed by atoms with Crippen molar-refractivity contribution in [3.8, 4) is 11.4 Å². The van der Waals surface area contributed by atoms with E-state index in [2.05, 4.69) is 0 Å². The fourth-order valence-electron chi connectivity index (χ4n) is 2.17. The van der Waals surface area contributed by atoms with Crippen molar-refractivity contribution in [2.45, 2.75) is 13.1 Å². The summed E-state index contributed by atoms with van der Waals surface area (Å²) in [6.07, 6.45) is -4.88. The van der Waals surface area contributed by atoms with Crippen LogP contribution in [0.3, 0.4) is 0 Å². The number of hydrogen-bond acceptors (Lipinski definition) is 5. The third kappa shape index (κ3) is 3.42. The molecular weight excluding hydrogens is 345 g/mol. The number of phenolic OH excluding ortho intramolecular Hbond substituents is 1. The monoisotopic (exact) mass is 358 g/mol. The van der Waals surface area contributed by atoms with Crippen molar-refractivity contribution in [1.29, 1.82) is 0 Å². The van der Waals surface area contributed by atoms with E-state index in [0.717, 1.165) is 25.2 Å². The quantitative estimate of drug-likeness (QED) is 0.839. The summed E-state index contributed by atoms with van der Waals surface area (Å²) >= 11 is 0. The Labute approximate surface area is 138 Å². The van der Waals surface area contributed by atoms with E-state index < -0.39 is 34.8 Å². The molecule has 2 aromatic rings. The van der Waals surface area contributed by atoms with Crippen molar-refractivity contribution < 1.29 is 27.8 Å². The molecule has 1 aromatic heterocycles. The van der Waals surface area contributed by atoms with Gasteiger partial charge in [-0.1, -0.05) is 0 Å². The Bertz CT molecular complexity index is 944. The van der Waals surface area contributed by atoms with E-state index in [0.29, 0.717) is 4.57 Å². The lowest BCUT2D eigenvalue weighted by Crippen LogP contribution is -2.40. The molecule has 0 radical (unpaired) electrons. The van der Waals surface area contributed by atoms with Crippen molar-refractivity contribution in [3.63, 3.8) is 0 Å². The molecular formula is C15H13F3N2O5. The van der Waals surface area contributed by atoms with Crippen LogP contribution in [0.5, 0.6) is 5.75 Å². The number of carbonyl (C=O) groups excluding carboxylic acids is 1. The van der Waals surface area contributed by atoms with Crippen LogP contribution < -0.4 is 11.2 Å². The van der Waals surface area contributed by atoms with Crippen LogP contribution in [0.4, 0.5) is 13.2 Å². The molecule has 0 aliphatic rings. The first-order valence-corrected chi connectivity index (χ1v) is 6.98. The number of esters is 1. The molecule has 1 aromatic carbocycles. The van der Waals surface area contributed by atoms with Crippen LogP contribution in [0, 0.1) is 0 Å². The molecule has 0 atom stereocenters. The Morgan fingerprint density at radius 1 is 1.24 bits per heavy atom. The topological polar surface area (TPSA) is 90.5 Å². The lowest BCUT2D eigenvalue weighted by Gasteiger charge is -2.14. The Kier molecular flexibility index (Phi) is 4.73. The van der Waals surface area contributed by atoms with E-state index in [-0.39, 0.29) is 28.5 Å². The van der Waals surface area contributed by atoms with E-state index in [4.69, 9.17) is 4.74 Å². The predicted molar refractivity (Wildman–Crippen MR) is 79.9 cm³/mol. The number of ether oxygens (including phenoxy) is 1. The van der Waals surface area contributed by atoms with Crippen molar-refractivity contribution in [3.05, 3.63) is 56.4 Å². The van der Waals surface area contributed by atoms with Gasteiger partial charge in [0, 0.05) is 13.1 Å². The van der Waals surface area contributed by atoms with Crippen molar-refractivity contribution in [2.75, 3.05) is 6.61 Å². The Balaban J connectivity index is 2.70. The molecule has 0 saturated heterocycles. The van der Waals surface area contributed by atoms with Crippen LogP contribution in [0.15, 0.2) is 33.9 Å². The number of benzene rings is 1. The fourth-order valence-corrected chi connectivity index (χ4v) is 2.17. The van der Waals surface area contributed by atoms with Gasteiger partial charge in [-0.15, -0.1) is 0 Å². The van der Waals surface area contributed by atoms with Gasteiger partial charge < -0.3 is 9.84 Å². The normalized spacial score (nSPS) is 11.4. The minimum absolute atomic E-state index is 0.0183. The van der Waals surface area contributed by atoms with Gasteiger partial charge in [0.25, 0.3) is 5.56 Å². The molecule has 0 aliphatic heterocycles. The number of alkyl halides is 3. The maximum absolute atomic E-state index is 12.8. The molecule has 7 nitrogen and oxygen atoms in total. The summed E-state index contributed by atoms with van der Waals surface area (Å²) in [6.45, 7) is 1.55. The van der Waals surface area contributed by atoms with Gasteiger partial charge in [0.05, 0.1) is 12.3 Å². The smallest absolute Gasteiger partial charge is 0.431 e. The summed E-state index contributed by atoms with van der Waals surface area (Å²) in [5.41, 5.74) is -4.38. The first-order chi connectivity index (χ1) is 11.6. The van der Waals surface area contributed by atoms with Crippen LogP contribution in [-0.2, 0) is 18.0 Å². The van der Waals surface area contributed by atoms with E-state index in [1.54, 1.807) is 0 Å². The van der Waals surface area contributed by atoms with Crippen LogP contribution in [-0.4, -0.2) is 26.8 Å². The number of nitrogens with zero attached hydrogens (tertiary/aromatic N) is 2. The van der Waals surface area contributed by atoms with Crippen molar-refractivity contribution in [2.24, 2.45) is 7.05 Å². The molecule has 10 heteroatoms. The zero-order valence-corrected chi connectivity index (χ0v) is 13.1. The minimum Gasteiger partial charge on any atom is -0.507 e. The highest BCUT2D eigenvalue weighted by molar-refractivity contribution is 5.93. The molecule has 1 N–H and O–H groups in total. The molecule has 2 rings (SSSR count). The fraction of sp³-hybridized carbons (Fsp3) is 0.267. The van der Waals surface area contributed by atoms with Gasteiger partial charge in [0.2, 0.25) is 0 Å². The van der Waals surface area contributed by atoms with Crippen LogP contribution in [0.1, 0.15) is 23.0 Å². The van der Waals surface area contributed by atoms with Gasteiger partial charge >= 0.3 is 17.8 Å². The number of carbonyl (C=O) groups is 1. The number of phenols is 1. The van der Waals surface area contributed by atoms with E-state index in [9.17, 15) is 32.7 Å². The summed E-state index contributed by atoms with van der Waals surface area (Å²) in [4.78, 5) is 36.0. The standard InChI is InChI=1S/C15H13F3N2O5/c1-3-25-13(23)9-6-8(4-5-10(9)21)20-12(22)7-11(15(16,17)18)19(2)14(20)24/h4-7,21H,3H2,1-2H3. The second kappa shape index (κ2) is 6.46. The minimum atomic E-state index is -4.88. The molecule has 0 spiro atoms. The molecule has 0 saturated carbocycles. The summed E-state index contributed by atoms with van der Waals surface area (Å²) in [6, 6.07) is 3.42. The highest BCUT2D eigenvalue weighted by Crippen LogP contribution is 2.27. The highest BCUT2D eigenvalue weighted by atomic mass is 19.4. The number of aromatic nitrogens is 2. The van der Waals surface area contributed by atoms with Crippen LogP contribution >= 0.6 is 0 Å². The van der Waals surface area contributed by atoms with E-state index in [1.165, 1.54) is 6.92 Å². The molecule has 0 bridgehead atoms. The predicted octanol–water partition coefficient (Wildman–Crippen LogP) is 1.44. The highest BCUT2D eigenvalue weighted by Gasteiger charge is 2.35. The number of aromatic hydroxyl groups is 1. The lowest BCUT2D eigenvalue weighted by molar-refractivity contribution is -0.144. The van der Waals surface area contributed by atoms with Gasteiger partial charge in [-0.05, 0) is 25.1 Å². The number of rotatable bonds is 3. The van der Waals surface area contributed by atoms with Gasteiger partial charge in [-0.25, -0.2) is 14.2 Å². The third-order valence-electron chi connectivity index (χ3n) is 3.34. The van der Waals surface area contributed by atoms with Gasteiger partial charge in [-0.3, -0.25) is 9.36 Å². The maximum Gasteiger partial charge on any atom is 0.431 e. The summed E-state index contributed by atoms with van der Waals surface area (Å²) in [5, 5.41) is 9.70. The Hall–Kier alpha value is -3.04. The molecule has 0 amide bonds. The first kappa shape index (κ1) is 18.3. The van der Waals surface area contributed by atoms with E-state index >= 15 is 0 Å². The maximum atomic E-state index is 12.8. The van der Waals surface area contributed by atoms with Crippen LogP contribution in [0.25, 0.3) is 5.69 Å². The SMILES string of the molecule is CCOC(=O)c1cc(-n2c(=O)cc(C(F)(F)F)n(C)c2=O)ccc1O. The average Bonchev–Trinajstić information content (AvgIpc) is 2.51. The van der Waals surface area contributed by atoms with Gasteiger partial charge in [0.1, 0.15) is 17.0 Å². The molecule has 0 aliphatic carbocycles. The molecule has 25 heavy (non-hydrogen) atoms. The van der Waals surface area contributed by atoms with Crippen LogP contribution in [0.2, 0.25) is 0 Å². The zero-order valence-electron chi connectivity index (χ0n) is 13.1. The number of halogens is 3. The van der Waals surface area contributed by atoms with Gasteiger partial charge in [0.15, 0.2) is 0 Å². The van der Waals surface area contributed by atoms with E-state index in [1.807, 2.05) is 0 Å². The summed E-state index contributed by atoms with van der Waals surface area (Å²) in [5.74, 6) is -1.36. The largest absolute Gasteiger partial charge is 0.507 e. The Morgan fingerprint density at radius 2 is 1.88 bits per heavy atom. The zero-order chi connectivity index (χ0) is 18.9. The molecule has 134 valence electrons. The summed E-state index contributed by atoms with van der Waals surface area (Å²) in [7, 11) is 0.869.